The van der Waals surface area contributed by atoms with E-state index in [1.165, 1.54) is 32.4 Å². The van der Waals surface area contributed by atoms with Gasteiger partial charge in [-0.3, -0.25) is 4.72 Å². The van der Waals surface area contributed by atoms with E-state index in [9.17, 15) is 8.42 Å². The summed E-state index contributed by atoms with van der Waals surface area (Å²) >= 11 is 0. The van der Waals surface area contributed by atoms with Crippen molar-refractivity contribution in [1.29, 1.82) is 0 Å². The summed E-state index contributed by atoms with van der Waals surface area (Å²) in [5.74, 6) is 0.167. The van der Waals surface area contributed by atoms with Gasteiger partial charge in [-0.15, -0.1) is 0 Å². The molecule has 2 N–H and O–H groups in total. The minimum Gasteiger partial charge on any atom is -0.481 e. The minimum absolute atomic E-state index is 0.0107. The van der Waals surface area contributed by atoms with Gasteiger partial charge in [0.15, 0.2) is 5.82 Å². The number of aliphatic hydroxyl groups is 1. The molecule has 0 amide bonds. The molecule has 0 saturated heterocycles. The van der Waals surface area contributed by atoms with Crippen molar-refractivity contribution in [1.82, 2.24) is 9.97 Å². The number of azo groups is 1. The van der Waals surface area contributed by atoms with E-state index in [0.717, 1.165) is 12.2 Å². The number of benzene rings is 2. The molecule has 3 rings (SSSR count). The molecule has 0 aliphatic carbocycles. The molecule has 180 valence electrons. The number of aliphatic hydroxyl groups excluding tert-OH is 1. The first kappa shape index (κ1) is 24.9. The highest BCUT2D eigenvalue weighted by Gasteiger charge is 2.17. The SMILES string of the molecule is CCN(CCO)c1ccc(N=Nc2ccc(S(=O)(=O)Nc3cc(OC)nc(OC)n3)cc2)cc1. The molecule has 12 heteroatoms. The van der Waals surface area contributed by atoms with Crippen molar-refractivity contribution in [2.24, 2.45) is 10.2 Å². The number of hydrogen-bond donors (Lipinski definition) is 2. The fourth-order valence-corrected chi connectivity index (χ4v) is 3.97. The standard InChI is InChI=1S/C22H26N6O5S/c1-4-28(13-14-29)18-9-5-16(6-10-18)25-26-17-7-11-19(12-8-17)34(30,31)27-20-15-21(32-2)24-22(23-20)33-3/h5-12,15,29H,4,13-14H2,1-3H3,(H,23,24,27). The highest BCUT2D eigenvalue weighted by Crippen LogP contribution is 2.24. The van der Waals surface area contributed by atoms with Crippen LogP contribution in [0, 0.1) is 0 Å². The van der Waals surface area contributed by atoms with Crippen LogP contribution in [0.2, 0.25) is 0 Å². The molecular formula is C22H26N6O5S. The van der Waals surface area contributed by atoms with Crippen molar-refractivity contribution < 1.29 is 23.0 Å². The van der Waals surface area contributed by atoms with Gasteiger partial charge < -0.3 is 19.5 Å². The van der Waals surface area contributed by atoms with E-state index in [0.29, 0.717) is 17.9 Å². The van der Waals surface area contributed by atoms with Crippen LogP contribution in [-0.2, 0) is 10.0 Å². The highest BCUT2D eigenvalue weighted by molar-refractivity contribution is 7.92. The second kappa shape index (κ2) is 11.4. The number of methoxy groups -OCH3 is 2. The molecule has 3 aromatic rings. The fraction of sp³-hybridized carbons (Fsp3) is 0.273. The van der Waals surface area contributed by atoms with Gasteiger partial charge in [-0.05, 0) is 55.5 Å². The number of likely N-dealkylation sites (N-methyl/N-ethyl adjacent to an activating group) is 1. The fourth-order valence-electron chi connectivity index (χ4n) is 2.98. The number of nitrogens with one attached hydrogen (secondary N) is 1. The summed E-state index contributed by atoms with van der Waals surface area (Å²) in [6, 6.07) is 14.7. The molecule has 0 atom stereocenters. The van der Waals surface area contributed by atoms with Crippen LogP contribution in [0.5, 0.6) is 11.9 Å². The van der Waals surface area contributed by atoms with Crippen LogP contribution in [0.4, 0.5) is 22.9 Å². The van der Waals surface area contributed by atoms with Gasteiger partial charge in [0, 0.05) is 24.8 Å². The summed E-state index contributed by atoms with van der Waals surface area (Å²) in [4.78, 5) is 9.97. The summed E-state index contributed by atoms with van der Waals surface area (Å²) < 4.78 is 37.8. The maximum absolute atomic E-state index is 12.7. The Bertz CT molecular complexity index is 1200. The lowest BCUT2D eigenvalue weighted by Crippen LogP contribution is -2.25. The summed E-state index contributed by atoms with van der Waals surface area (Å²) in [7, 11) is -1.15. The van der Waals surface area contributed by atoms with Crippen LogP contribution in [0.1, 0.15) is 6.92 Å². The average Bonchev–Trinajstić information content (AvgIpc) is 2.86. The van der Waals surface area contributed by atoms with Crippen molar-refractivity contribution in [3.8, 4) is 11.9 Å². The number of rotatable bonds is 11. The molecule has 2 aromatic carbocycles. The van der Waals surface area contributed by atoms with Crippen molar-refractivity contribution in [3.05, 3.63) is 54.6 Å². The zero-order valence-electron chi connectivity index (χ0n) is 19.0. The van der Waals surface area contributed by atoms with Crippen LogP contribution >= 0.6 is 0 Å². The van der Waals surface area contributed by atoms with Crippen LogP contribution in [0.25, 0.3) is 0 Å². The molecule has 34 heavy (non-hydrogen) atoms. The number of hydrogen-bond acceptors (Lipinski definition) is 10. The van der Waals surface area contributed by atoms with E-state index in [4.69, 9.17) is 14.6 Å². The Hall–Kier alpha value is -3.77. The molecule has 11 nitrogen and oxygen atoms in total. The van der Waals surface area contributed by atoms with Crippen molar-refractivity contribution in [3.63, 3.8) is 0 Å². The number of aromatic nitrogens is 2. The van der Waals surface area contributed by atoms with Crippen LogP contribution < -0.4 is 19.1 Å². The Morgan fingerprint density at radius 3 is 2.12 bits per heavy atom. The summed E-state index contributed by atoms with van der Waals surface area (Å²) in [5.41, 5.74) is 2.12. The maximum Gasteiger partial charge on any atom is 0.321 e. The molecule has 0 saturated carbocycles. The Morgan fingerprint density at radius 1 is 0.971 bits per heavy atom. The summed E-state index contributed by atoms with van der Waals surface area (Å²) in [6.45, 7) is 3.44. The third-order valence-corrected chi connectivity index (χ3v) is 6.08. The van der Waals surface area contributed by atoms with Crippen LogP contribution in [0.3, 0.4) is 0 Å². The first-order chi connectivity index (χ1) is 16.4. The van der Waals surface area contributed by atoms with Gasteiger partial charge in [0.05, 0.1) is 37.1 Å². The average molecular weight is 487 g/mol. The Labute approximate surface area is 198 Å². The molecular weight excluding hydrogens is 460 g/mol. The molecule has 1 heterocycles. The zero-order valence-corrected chi connectivity index (χ0v) is 19.9. The third kappa shape index (κ3) is 6.39. The lowest BCUT2D eigenvalue weighted by atomic mass is 10.2. The number of sulfonamides is 1. The third-order valence-electron chi connectivity index (χ3n) is 4.71. The zero-order chi connectivity index (χ0) is 24.6. The Morgan fingerprint density at radius 2 is 1.59 bits per heavy atom. The van der Waals surface area contributed by atoms with E-state index < -0.39 is 10.0 Å². The van der Waals surface area contributed by atoms with Gasteiger partial charge >= 0.3 is 6.01 Å². The molecule has 0 aliphatic heterocycles. The monoisotopic (exact) mass is 486 g/mol. The predicted molar refractivity (Wildman–Crippen MR) is 128 cm³/mol. The smallest absolute Gasteiger partial charge is 0.321 e. The van der Waals surface area contributed by atoms with Gasteiger partial charge in [0.2, 0.25) is 5.88 Å². The van der Waals surface area contributed by atoms with Crippen molar-refractivity contribution in [2.75, 3.05) is 43.5 Å². The number of anilines is 2. The number of nitrogens with zero attached hydrogens (tertiary/aromatic N) is 5. The molecule has 0 bridgehead atoms. The molecule has 1 aromatic heterocycles. The number of ether oxygens (including phenoxy) is 2. The first-order valence-electron chi connectivity index (χ1n) is 10.4. The first-order valence-corrected chi connectivity index (χ1v) is 11.8. The van der Waals surface area contributed by atoms with E-state index in [1.54, 1.807) is 12.1 Å². The molecule has 0 aliphatic rings. The van der Waals surface area contributed by atoms with E-state index in [1.807, 2.05) is 36.1 Å². The van der Waals surface area contributed by atoms with E-state index in [-0.39, 0.29) is 29.2 Å². The molecule has 0 radical (unpaired) electrons. The summed E-state index contributed by atoms with van der Waals surface area (Å²) in [5, 5.41) is 17.5. The van der Waals surface area contributed by atoms with Gasteiger partial charge in [0.1, 0.15) is 0 Å². The molecule has 0 fully saturated rings. The van der Waals surface area contributed by atoms with Gasteiger partial charge in [0.25, 0.3) is 10.0 Å². The molecule has 0 unspecified atom stereocenters. The van der Waals surface area contributed by atoms with Gasteiger partial charge in [-0.25, -0.2) is 8.42 Å². The van der Waals surface area contributed by atoms with Crippen molar-refractivity contribution in [2.45, 2.75) is 11.8 Å². The minimum atomic E-state index is -3.91. The lowest BCUT2D eigenvalue weighted by molar-refractivity contribution is 0.302. The second-order valence-electron chi connectivity index (χ2n) is 6.90. The van der Waals surface area contributed by atoms with Crippen LogP contribution in [0.15, 0.2) is 69.7 Å². The van der Waals surface area contributed by atoms with E-state index in [2.05, 4.69) is 24.9 Å². The maximum atomic E-state index is 12.7. The Kier molecular flexibility index (Phi) is 8.33. The summed E-state index contributed by atoms with van der Waals surface area (Å²) in [6.07, 6.45) is 0. The largest absolute Gasteiger partial charge is 0.481 e. The highest BCUT2D eigenvalue weighted by atomic mass is 32.2. The second-order valence-corrected chi connectivity index (χ2v) is 8.58. The lowest BCUT2D eigenvalue weighted by Gasteiger charge is -2.21. The Balaban J connectivity index is 1.70. The molecule has 0 spiro atoms. The van der Waals surface area contributed by atoms with Gasteiger partial charge in [-0.1, -0.05) is 0 Å². The van der Waals surface area contributed by atoms with Crippen molar-refractivity contribution >= 4 is 32.9 Å². The predicted octanol–water partition coefficient (Wildman–Crippen LogP) is 3.53. The van der Waals surface area contributed by atoms with Crippen LogP contribution in [-0.4, -0.2) is 57.4 Å². The quantitative estimate of drug-likeness (QED) is 0.393. The van der Waals surface area contributed by atoms with E-state index >= 15 is 0 Å². The topological polar surface area (TPSA) is 139 Å². The van der Waals surface area contributed by atoms with Gasteiger partial charge in [-0.2, -0.15) is 20.2 Å². The normalized spacial score (nSPS) is 11.4.